The first-order chi connectivity index (χ1) is 10.4. The van der Waals surface area contributed by atoms with Gasteiger partial charge in [-0.25, -0.2) is 0 Å². The highest BCUT2D eigenvalue weighted by molar-refractivity contribution is 5.80. The number of nitrogens with one attached hydrogen (secondary N) is 2. The lowest BCUT2D eigenvalue weighted by Crippen LogP contribution is -2.42. The molecule has 2 unspecified atom stereocenters. The molecule has 3 rings (SSSR count). The molecule has 0 bridgehead atoms. The second-order valence-electron chi connectivity index (χ2n) is 7.06. The summed E-state index contributed by atoms with van der Waals surface area (Å²) in [5.41, 5.74) is 0. The Bertz CT molecular complexity index is 346. The molecule has 2 aliphatic carbocycles. The minimum absolute atomic E-state index is 0.675. The molecule has 4 nitrogen and oxygen atoms in total. The molecule has 0 radical (unpaired) electrons. The molecule has 0 aromatic carbocycles. The first-order valence-electron chi connectivity index (χ1n) is 8.91. The maximum atomic E-state index is 5.41. The number of aliphatic imine (C=N–C) groups is 1. The number of nitrogens with zero attached hydrogens (tertiary/aromatic N) is 1. The van der Waals surface area contributed by atoms with Crippen molar-refractivity contribution in [2.24, 2.45) is 22.7 Å². The van der Waals surface area contributed by atoms with E-state index in [0.717, 1.165) is 43.5 Å². The molecule has 2 atom stereocenters. The largest absolute Gasteiger partial charge is 0.381 e. The first kappa shape index (κ1) is 15.1. The number of hydrogen-bond donors (Lipinski definition) is 2. The average molecular weight is 293 g/mol. The summed E-state index contributed by atoms with van der Waals surface area (Å²) >= 11 is 0. The van der Waals surface area contributed by atoms with Gasteiger partial charge in [0.15, 0.2) is 5.96 Å². The Balaban J connectivity index is 1.37. The van der Waals surface area contributed by atoms with Crippen LogP contribution in [-0.2, 0) is 4.74 Å². The molecule has 3 aliphatic rings. The van der Waals surface area contributed by atoms with E-state index in [9.17, 15) is 0 Å². The Kier molecular flexibility index (Phi) is 5.39. The van der Waals surface area contributed by atoms with Crippen LogP contribution in [0.15, 0.2) is 4.99 Å². The monoisotopic (exact) mass is 293 g/mol. The summed E-state index contributed by atoms with van der Waals surface area (Å²) in [6.07, 6.45) is 11.0. The van der Waals surface area contributed by atoms with Crippen molar-refractivity contribution < 1.29 is 4.74 Å². The predicted molar refractivity (Wildman–Crippen MR) is 86.5 cm³/mol. The van der Waals surface area contributed by atoms with Crippen LogP contribution in [0.2, 0.25) is 0 Å². The summed E-state index contributed by atoms with van der Waals surface area (Å²) < 4.78 is 5.41. The van der Waals surface area contributed by atoms with E-state index >= 15 is 0 Å². The van der Waals surface area contributed by atoms with E-state index < -0.39 is 0 Å². The Morgan fingerprint density at radius 3 is 2.57 bits per heavy atom. The third-order valence-corrected chi connectivity index (χ3v) is 5.54. The Morgan fingerprint density at radius 1 is 1.10 bits per heavy atom. The van der Waals surface area contributed by atoms with Crippen molar-refractivity contribution in [1.29, 1.82) is 0 Å². The number of ether oxygens (including phenoxy) is 1. The van der Waals surface area contributed by atoms with E-state index in [4.69, 9.17) is 4.74 Å². The van der Waals surface area contributed by atoms with Crippen LogP contribution in [-0.4, -0.2) is 38.8 Å². The fourth-order valence-corrected chi connectivity index (χ4v) is 4.03. The quantitative estimate of drug-likeness (QED) is 0.618. The highest BCUT2D eigenvalue weighted by Gasteiger charge is 2.43. The van der Waals surface area contributed by atoms with Crippen LogP contribution in [0.3, 0.4) is 0 Å². The van der Waals surface area contributed by atoms with Crippen LogP contribution in [0, 0.1) is 17.8 Å². The standard InChI is InChI=1S/C17H31N3O/c1-18-17(19-12-13-7-9-21-10-8-13)20-16-11-15(16)14-5-3-2-4-6-14/h13-16H,2-12H2,1H3,(H2,18,19,20). The first-order valence-corrected chi connectivity index (χ1v) is 8.91. The molecule has 120 valence electrons. The van der Waals surface area contributed by atoms with Crippen LogP contribution in [0.25, 0.3) is 0 Å². The summed E-state index contributed by atoms with van der Waals surface area (Å²) in [7, 11) is 1.89. The van der Waals surface area contributed by atoms with E-state index in [1.807, 2.05) is 7.05 Å². The summed E-state index contributed by atoms with van der Waals surface area (Å²) in [5.74, 6) is 3.63. The van der Waals surface area contributed by atoms with E-state index in [1.54, 1.807) is 0 Å². The molecule has 1 saturated heterocycles. The van der Waals surface area contributed by atoms with Gasteiger partial charge in [0, 0.05) is 32.8 Å². The van der Waals surface area contributed by atoms with Gasteiger partial charge in [0.2, 0.25) is 0 Å². The van der Waals surface area contributed by atoms with Gasteiger partial charge in [-0.15, -0.1) is 0 Å². The number of rotatable bonds is 4. The molecule has 4 heteroatoms. The van der Waals surface area contributed by atoms with Crippen LogP contribution in [0.1, 0.15) is 51.4 Å². The topological polar surface area (TPSA) is 45.7 Å². The molecule has 2 saturated carbocycles. The fourth-order valence-electron chi connectivity index (χ4n) is 4.03. The van der Waals surface area contributed by atoms with Crippen LogP contribution in [0.4, 0.5) is 0 Å². The molecule has 0 aromatic rings. The zero-order valence-corrected chi connectivity index (χ0v) is 13.4. The summed E-state index contributed by atoms with van der Waals surface area (Å²) in [5, 5.41) is 7.15. The molecule has 1 aliphatic heterocycles. The maximum Gasteiger partial charge on any atom is 0.191 e. The third kappa shape index (κ3) is 4.35. The molecule has 1 heterocycles. The summed E-state index contributed by atoms with van der Waals surface area (Å²) in [6, 6.07) is 0.675. The second kappa shape index (κ2) is 7.48. The minimum atomic E-state index is 0.675. The average Bonchev–Trinajstić information content (AvgIpc) is 3.32. The van der Waals surface area contributed by atoms with Gasteiger partial charge in [-0.3, -0.25) is 4.99 Å². The van der Waals surface area contributed by atoms with Gasteiger partial charge in [0.05, 0.1) is 0 Å². The molecule has 3 fully saturated rings. The van der Waals surface area contributed by atoms with E-state index in [0.29, 0.717) is 6.04 Å². The van der Waals surface area contributed by atoms with Crippen molar-refractivity contribution in [3.05, 3.63) is 0 Å². The maximum absolute atomic E-state index is 5.41. The van der Waals surface area contributed by atoms with Crippen LogP contribution in [0.5, 0.6) is 0 Å². The zero-order chi connectivity index (χ0) is 14.5. The van der Waals surface area contributed by atoms with Gasteiger partial charge in [-0.2, -0.15) is 0 Å². The van der Waals surface area contributed by atoms with E-state index in [1.165, 1.54) is 51.4 Å². The minimum Gasteiger partial charge on any atom is -0.381 e. The van der Waals surface area contributed by atoms with Gasteiger partial charge >= 0.3 is 0 Å². The van der Waals surface area contributed by atoms with Crippen LogP contribution < -0.4 is 10.6 Å². The molecule has 21 heavy (non-hydrogen) atoms. The van der Waals surface area contributed by atoms with Gasteiger partial charge < -0.3 is 15.4 Å². The van der Waals surface area contributed by atoms with Crippen molar-refractivity contribution in [2.75, 3.05) is 26.8 Å². The van der Waals surface area contributed by atoms with E-state index in [-0.39, 0.29) is 0 Å². The zero-order valence-electron chi connectivity index (χ0n) is 13.4. The Labute approximate surface area is 129 Å². The summed E-state index contributed by atoms with van der Waals surface area (Å²) in [4.78, 5) is 4.40. The van der Waals surface area contributed by atoms with Crippen molar-refractivity contribution in [3.63, 3.8) is 0 Å². The molecule has 2 N–H and O–H groups in total. The van der Waals surface area contributed by atoms with Crippen molar-refractivity contribution in [2.45, 2.75) is 57.4 Å². The molecular weight excluding hydrogens is 262 g/mol. The van der Waals surface area contributed by atoms with E-state index in [2.05, 4.69) is 15.6 Å². The predicted octanol–water partition coefficient (Wildman–Crippen LogP) is 2.55. The van der Waals surface area contributed by atoms with Gasteiger partial charge in [-0.1, -0.05) is 32.1 Å². The van der Waals surface area contributed by atoms with Gasteiger partial charge in [0.1, 0.15) is 0 Å². The third-order valence-electron chi connectivity index (χ3n) is 5.54. The lowest BCUT2D eigenvalue weighted by atomic mass is 9.85. The highest BCUT2D eigenvalue weighted by Crippen LogP contribution is 2.44. The van der Waals surface area contributed by atoms with Crippen molar-refractivity contribution >= 4 is 5.96 Å². The van der Waals surface area contributed by atoms with Crippen molar-refractivity contribution in [1.82, 2.24) is 10.6 Å². The molecule has 0 spiro atoms. The SMILES string of the molecule is CN=C(NCC1CCOCC1)NC1CC1C1CCCCC1. The lowest BCUT2D eigenvalue weighted by molar-refractivity contribution is 0.0675. The number of guanidine groups is 1. The summed E-state index contributed by atoms with van der Waals surface area (Å²) in [6.45, 7) is 2.87. The number of hydrogen-bond acceptors (Lipinski definition) is 2. The second-order valence-corrected chi connectivity index (χ2v) is 7.06. The fraction of sp³-hybridized carbons (Fsp3) is 0.941. The van der Waals surface area contributed by atoms with Crippen LogP contribution >= 0.6 is 0 Å². The molecular formula is C17H31N3O. The normalized spacial score (nSPS) is 32.0. The lowest BCUT2D eigenvalue weighted by Gasteiger charge is -2.24. The highest BCUT2D eigenvalue weighted by atomic mass is 16.5. The Morgan fingerprint density at radius 2 is 1.86 bits per heavy atom. The van der Waals surface area contributed by atoms with Gasteiger partial charge in [-0.05, 0) is 37.0 Å². The molecule has 0 amide bonds. The van der Waals surface area contributed by atoms with Gasteiger partial charge in [0.25, 0.3) is 0 Å². The smallest absolute Gasteiger partial charge is 0.191 e. The van der Waals surface area contributed by atoms with Crippen molar-refractivity contribution in [3.8, 4) is 0 Å². The Hall–Kier alpha value is -0.770. The molecule has 0 aromatic heterocycles.